The van der Waals surface area contributed by atoms with Gasteiger partial charge >= 0.3 is 5.97 Å². The van der Waals surface area contributed by atoms with Gasteiger partial charge in [0, 0.05) is 18.2 Å². The van der Waals surface area contributed by atoms with E-state index >= 15 is 0 Å². The van der Waals surface area contributed by atoms with Gasteiger partial charge in [-0.05, 0) is 38.0 Å². The normalized spacial score (nSPS) is 15.5. The lowest BCUT2D eigenvalue weighted by molar-refractivity contribution is -0.143. The molecular weight excluding hydrogens is 361 g/mol. The first-order valence-corrected chi connectivity index (χ1v) is 9.70. The zero-order chi connectivity index (χ0) is 18.2. The van der Waals surface area contributed by atoms with Crippen molar-refractivity contribution >= 4 is 35.1 Å². The van der Waals surface area contributed by atoms with Crippen molar-refractivity contribution in [1.29, 1.82) is 0 Å². The Balaban J connectivity index is 2.17. The molecule has 0 aromatic heterocycles. The minimum Gasteiger partial charge on any atom is -0.466 e. The molecule has 0 bridgehead atoms. The Bertz CT molecular complexity index is 598. The molecular formula is C19H25Cl2NO3. The second-order valence-electron chi connectivity index (χ2n) is 6.33. The molecule has 1 aromatic carbocycles. The molecule has 1 fully saturated rings. The summed E-state index contributed by atoms with van der Waals surface area (Å²) in [6.07, 6.45) is 6.75. The van der Waals surface area contributed by atoms with Gasteiger partial charge < -0.3 is 9.64 Å². The summed E-state index contributed by atoms with van der Waals surface area (Å²) in [4.78, 5) is 26.6. The van der Waals surface area contributed by atoms with E-state index in [4.69, 9.17) is 27.9 Å². The van der Waals surface area contributed by atoms with Crippen molar-refractivity contribution in [3.05, 3.63) is 33.8 Å². The van der Waals surface area contributed by atoms with E-state index in [0.29, 0.717) is 28.8 Å². The van der Waals surface area contributed by atoms with Gasteiger partial charge in [-0.25, -0.2) is 0 Å². The van der Waals surface area contributed by atoms with Crippen molar-refractivity contribution in [1.82, 2.24) is 4.90 Å². The first-order valence-electron chi connectivity index (χ1n) is 8.94. The van der Waals surface area contributed by atoms with E-state index in [2.05, 4.69) is 0 Å². The van der Waals surface area contributed by atoms with Gasteiger partial charge in [0.1, 0.15) is 0 Å². The third kappa shape index (κ3) is 5.89. The van der Waals surface area contributed by atoms with Crippen LogP contribution >= 0.6 is 23.2 Å². The molecule has 0 N–H and O–H groups in total. The second kappa shape index (κ2) is 10.0. The topological polar surface area (TPSA) is 46.6 Å². The number of rotatable bonds is 6. The van der Waals surface area contributed by atoms with E-state index in [9.17, 15) is 9.59 Å². The molecule has 1 aromatic rings. The van der Waals surface area contributed by atoms with Crippen molar-refractivity contribution in [2.75, 3.05) is 13.2 Å². The lowest BCUT2D eigenvalue weighted by Gasteiger charge is -2.31. The highest BCUT2D eigenvalue weighted by atomic mass is 35.5. The van der Waals surface area contributed by atoms with Crippen LogP contribution < -0.4 is 0 Å². The van der Waals surface area contributed by atoms with Crippen LogP contribution in [0.2, 0.25) is 10.0 Å². The largest absolute Gasteiger partial charge is 0.466 e. The van der Waals surface area contributed by atoms with Crippen LogP contribution in [-0.2, 0) is 9.53 Å². The van der Waals surface area contributed by atoms with E-state index in [1.165, 1.54) is 12.8 Å². The maximum absolute atomic E-state index is 13.1. The fourth-order valence-corrected chi connectivity index (χ4v) is 3.56. The lowest BCUT2D eigenvalue weighted by Crippen LogP contribution is -2.41. The van der Waals surface area contributed by atoms with Gasteiger partial charge in [0.15, 0.2) is 0 Å². The molecule has 0 atom stereocenters. The van der Waals surface area contributed by atoms with Gasteiger partial charge in [-0.1, -0.05) is 48.9 Å². The molecule has 0 aliphatic heterocycles. The molecule has 138 valence electrons. The SMILES string of the molecule is CCOC(=O)CCN(C(=O)c1ccc(Cl)c(Cl)c1)C1CCCCCC1. The maximum Gasteiger partial charge on any atom is 0.307 e. The molecule has 1 aliphatic carbocycles. The molecule has 1 amide bonds. The zero-order valence-corrected chi connectivity index (χ0v) is 16.1. The van der Waals surface area contributed by atoms with Crippen LogP contribution in [0.5, 0.6) is 0 Å². The van der Waals surface area contributed by atoms with Crippen molar-refractivity contribution < 1.29 is 14.3 Å². The quantitative estimate of drug-likeness (QED) is 0.504. The van der Waals surface area contributed by atoms with Crippen LogP contribution in [0, 0.1) is 0 Å². The van der Waals surface area contributed by atoms with Crippen molar-refractivity contribution in [3.8, 4) is 0 Å². The van der Waals surface area contributed by atoms with Crippen molar-refractivity contribution in [3.63, 3.8) is 0 Å². The van der Waals surface area contributed by atoms with Gasteiger partial charge in [-0.2, -0.15) is 0 Å². The molecule has 6 heteroatoms. The van der Waals surface area contributed by atoms with Gasteiger partial charge in [-0.3, -0.25) is 9.59 Å². The average molecular weight is 386 g/mol. The third-order valence-electron chi connectivity index (χ3n) is 4.56. The molecule has 0 radical (unpaired) electrons. The summed E-state index contributed by atoms with van der Waals surface area (Å²) in [7, 11) is 0. The number of esters is 1. The summed E-state index contributed by atoms with van der Waals surface area (Å²) >= 11 is 12.0. The van der Waals surface area contributed by atoms with Gasteiger partial charge in [0.2, 0.25) is 0 Å². The molecule has 1 saturated carbocycles. The van der Waals surface area contributed by atoms with E-state index < -0.39 is 0 Å². The zero-order valence-electron chi connectivity index (χ0n) is 14.6. The number of carbonyl (C=O) groups excluding carboxylic acids is 2. The van der Waals surface area contributed by atoms with Crippen molar-refractivity contribution in [2.24, 2.45) is 0 Å². The molecule has 0 saturated heterocycles. The fraction of sp³-hybridized carbons (Fsp3) is 0.579. The summed E-state index contributed by atoms with van der Waals surface area (Å²) in [5.41, 5.74) is 0.502. The number of hydrogen-bond donors (Lipinski definition) is 0. The minimum atomic E-state index is -0.275. The highest BCUT2D eigenvalue weighted by Crippen LogP contribution is 2.27. The van der Waals surface area contributed by atoms with Crippen LogP contribution in [0.25, 0.3) is 0 Å². The molecule has 2 rings (SSSR count). The predicted octanol–water partition coefficient (Wildman–Crippen LogP) is 5.11. The van der Waals surface area contributed by atoms with Crippen LogP contribution in [0.4, 0.5) is 0 Å². The van der Waals surface area contributed by atoms with Crippen LogP contribution in [0.15, 0.2) is 18.2 Å². The number of halogens is 2. The Morgan fingerprint density at radius 1 is 1.12 bits per heavy atom. The fourth-order valence-electron chi connectivity index (χ4n) is 3.26. The average Bonchev–Trinajstić information content (AvgIpc) is 2.87. The highest BCUT2D eigenvalue weighted by Gasteiger charge is 2.26. The number of amides is 1. The highest BCUT2D eigenvalue weighted by molar-refractivity contribution is 6.42. The van der Waals surface area contributed by atoms with E-state index in [1.54, 1.807) is 25.1 Å². The summed E-state index contributed by atoms with van der Waals surface area (Å²) in [6, 6.07) is 5.07. The molecule has 1 aliphatic rings. The van der Waals surface area contributed by atoms with Crippen LogP contribution in [0.1, 0.15) is 62.2 Å². The Morgan fingerprint density at radius 2 is 1.80 bits per heavy atom. The number of hydrogen-bond acceptors (Lipinski definition) is 3. The standard InChI is InChI=1S/C19H25Cl2NO3/c1-2-25-18(23)11-12-22(15-7-5-3-4-6-8-15)19(24)14-9-10-16(20)17(21)13-14/h9-10,13,15H,2-8,11-12H2,1H3. The molecule has 0 spiro atoms. The number of nitrogens with zero attached hydrogens (tertiary/aromatic N) is 1. The summed E-state index contributed by atoms with van der Waals surface area (Å²) in [5.74, 6) is -0.377. The first-order chi connectivity index (χ1) is 12.0. The van der Waals surface area contributed by atoms with Gasteiger partial charge in [-0.15, -0.1) is 0 Å². The van der Waals surface area contributed by atoms with E-state index in [0.717, 1.165) is 25.7 Å². The smallest absolute Gasteiger partial charge is 0.307 e. The second-order valence-corrected chi connectivity index (χ2v) is 7.14. The Labute approximate surface area is 159 Å². The summed E-state index contributed by atoms with van der Waals surface area (Å²) in [6.45, 7) is 2.49. The lowest BCUT2D eigenvalue weighted by atomic mass is 10.0. The monoisotopic (exact) mass is 385 g/mol. The molecule has 4 nitrogen and oxygen atoms in total. The van der Waals surface area contributed by atoms with Gasteiger partial charge in [0.05, 0.1) is 23.1 Å². The van der Waals surface area contributed by atoms with E-state index in [1.807, 2.05) is 4.90 Å². The summed E-state index contributed by atoms with van der Waals surface area (Å²) in [5, 5.41) is 0.782. The summed E-state index contributed by atoms with van der Waals surface area (Å²) < 4.78 is 5.01. The molecule has 25 heavy (non-hydrogen) atoms. The third-order valence-corrected chi connectivity index (χ3v) is 5.29. The van der Waals surface area contributed by atoms with Crippen molar-refractivity contribution in [2.45, 2.75) is 57.9 Å². The number of benzene rings is 1. The van der Waals surface area contributed by atoms with E-state index in [-0.39, 0.29) is 24.3 Å². The number of carbonyl (C=O) groups is 2. The van der Waals surface area contributed by atoms with Crippen LogP contribution in [0.3, 0.4) is 0 Å². The van der Waals surface area contributed by atoms with Gasteiger partial charge in [0.25, 0.3) is 5.91 Å². The Kier molecular flexibility index (Phi) is 8.04. The first kappa shape index (κ1) is 20.1. The Morgan fingerprint density at radius 3 is 2.40 bits per heavy atom. The predicted molar refractivity (Wildman–Crippen MR) is 100 cm³/mol. The number of ether oxygens (including phenoxy) is 1. The molecule has 0 heterocycles. The van der Waals surface area contributed by atoms with Crippen LogP contribution in [-0.4, -0.2) is 36.0 Å². The minimum absolute atomic E-state index is 0.102. The maximum atomic E-state index is 13.1. The Hall–Kier alpha value is -1.26. The molecule has 0 unspecified atom stereocenters.